The van der Waals surface area contributed by atoms with E-state index in [1.54, 1.807) is 21.9 Å². The van der Waals surface area contributed by atoms with Gasteiger partial charge in [-0.05, 0) is 18.9 Å². The van der Waals surface area contributed by atoms with Crippen molar-refractivity contribution in [2.75, 3.05) is 51.8 Å². The maximum atomic E-state index is 13.0. The molecule has 0 aromatic heterocycles. The fourth-order valence-electron chi connectivity index (χ4n) is 4.15. The molecule has 2 aliphatic heterocycles. The van der Waals surface area contributed by atoms with E-state index in [4.69, 9.17) is 21.1 Å². The smallest absolute Gasteiger partial charge is 0.228 e. The van der Waals surface area contributed by atoms with Crippen molar-refractivity contribution >= 4 is 35.0 Å². The number of nitrogens with zero attached hydrogens (tertiary/aromatic N) is 3. The molecular weight excluding hydrogens is 410 g/mol. The molecule has 1 aromatic rings. The Hall–Kier alpha value is -2.48. The van der Waals surface area contributed by atoms with Crippen molar-refractivity contribution in [3.63, 3.8) is 0 Å². The molecule has 4 rings (SSSR count). The molecule has 1 saturated carbocycles. The van der Waals surface area contributed by atoms with E-state index in [1.807, 2.05) is 4.90 Å². The van der Waals surface area contributed by atoms with Crippen molar-refractivity contribution in [2.45, 2.75) is 19.3 Å². The largest absolute Gasteiger partial charge is 0.495 e. The van der Waals surface area contributed by atoms with Crippen molar-refractivity contribution in [1.82, 2.24) is 9.80 Å². The molecule has 9 heteroatoms. The molecule has 8 nitrogen and oxygen atoms in total. The summed E-state index contributed by atoms with van der Waals surface area (Å²) in [6, 6.07) is 3.27. The van der Waals surface area contributed by atoms with E-state index in [9.17, 15) is 14.4 Å². The molecule has 0 bridgehead atoms. The van der Waals surface area contributed by atoms with E-state index in [0.717, 1.165) is 12.8 Å². The Kier molecular flexibility index (Phi) is 5.77. The maximum Gasteiger partial charge on any atom is 0.228 e. The highest BCUT2D eigenvalue weighted by Gasteiger charge is 2.40. The molecule has 3 fully saturated rings. The van der Waals surface area contributed by atoms with Crippen molar-refractivity contribution in [1.29, 1.82) is 0 Å². The Morgan fingerprint density at radius 2 is 1.50 bits per heavy atom. The van der Waals surface area contributed by atoms with E-state index >= 15 is 0 Å². The fraction of sp³-hybridized carbons (Fsp3) is 0.571. The first-order chi connectivity index (χ1) is 14.4. The summed E-state index contributed by atoms with van der Waals surface area (Å²) in [5, 5.41) is 0.368. The van der Waals surface area contributed by atoms with Gasteiger partial charge >= 0.3 is 0 Å². The number of halogens is 1. The Bertz CT molecular complexity index is 864. The highest BCUT2D eigenvalue weighted by Crippen LogP contribution is 2.40. The number of methoxy groups -OCH3 is 2. The normalized spacial score (nSPS) is 21.8. The lowest BCUT2D eigenvalue weighted by atomic mass is 10.1. The third-order valence-electron chi connectivity index (χ3n) is 6.05. The molecule has 1 atom stereocenters. The molecule has 3 amide bonds. The number of hydrogen-bond acceptors (Lipinski definition) is 5. The monoisotopic (exact) mass is 435 g/mol. The Morgan fingerprint density at radius 3 is 2.03 bits per heavy atom. The summed E-state index contributed by atoms with van der Waals surface area (Å²) in [4.78, 5) is 43.1. The Labute approximate surface area is 180 Å². The van der Waals surface area contributed by atoms with Crippen molar-refractivity contribution < 1.29 is 23.9 Å². The van der Waals surface area contributed by atoms with Crippen LogP contribution in [0.15, 0.2) is 12.1 Å². The van der Waals surface area contributed by atoms with Crippen LogP contribution >= 0.6 is 11.6 Å². The van der Waals surface area contributed by atoms with Gasteiger partial charge in [0.15, 0.2) is 0 Å². The summed E-state index contributed by atoms with van der Waals surface area (Å²) in [6.45, 7) is 2.43. The van der Waals surface area contributed by atoms with Gasteiger partial charge in [-0.1, -0.05) is 11.6 Å². The Morgan fingerprint density at radius 1 is 0.933 bits per heavy atom. The number of benzene rings is 1. The predicted octanol–water partition coefficient (Wildman–Crippen LogP) is 1.79. The van der Waals surface area contributed by atoms with Gasteiger partial charge in [-0.15, -0.1) is 0 Å². The van der Waals surface area contributed by atoms with Gasteiger partial charge in [0.2, 0.25) is 17.7 Å². The number of ether oxygens (including phenoxy) is 2. The minimum atomic E-state index is -0.422. The fourth-order valence-corrected chi connectivity index (χ4v) is 4.39. The molecule has 1 unspecified atom stereocenters. The molecule has 0 N–H and O–H groups in total. The van der Waals surface area contributed by atoms with Crippen molar-refractivity contribution in [3.05, 3.63) is 17.2 Å². The third-order valence-corrected chi connectivity index (χ3v) is 6.34. The van der Waals surface area contributed by atoms with E-state index in [2.05, 4.69) is 0 Å². The molecule has 2 saturated heterocycles. The topological polar surface area (TPSA) is 79.4 Å². The average Bonchev–Trinajstić information content (AvgIpc) is 3.54. The van der Waals surface area contributed by atoms with Gasteiger partial charge in [0, 0.05) is 51.1 Å². The molecule has 2 heterocycles. The molecule has 1 aromatic carbocycles. The van der Waals surface area contributed by atoms with Crippen LogP contribution in [0, 0.1) is 11.8 Å². The maximum absolute atomic E-state index is 13.0. The molecular formula is C21H26ClN3O5. The van der Waals surface area contributed by atoms with Gasteiger partial charge in [0.25, 0.3) is 0 Å². The molecule has 30 heavy (non-hydrogen) atoms. The van der Waals surface area contributed by atoms with Gasteiger partial charge in [0.1, 0.15) is 11.5 Å². The molecule has 0 radical (unpaired) electrons. The summed E-state index contributed by atoms with van der Waals surface area (Å²) in [6.07, 6.45) is 2.11. The summed E-state index contributed by atoms with van der Waals surface area (Å²) < 4.78 is 10.6. The van der Waals surface area contributed by atoms with E-state index in [0.29, 0.717) is 48.4 Å². The molecule has 3 aliphatic rings. The van der Waals surface area contributed by atoms with E-state index < -0.39 is 5.92 Å². The SMILES string of the molecule is COc1cc(OC)c(N2CC(C(=O)N3CCN(C(=O)C4CC4)CC3)CC2=O)cc1Cl. The van der Waals surface area contributed by atoms with Crippen LogP contribution < -0.4 is 14.4 Å². The highest BCUT2D eigenvalue weighted by molar-refractivity contribution is 6.32. The number of hydrogen-bond donors (Lipinski definition) is 0. The van der Waals surface area contributed by atoms with Crippen LogP contribution in [-0.2, 0) is 14.4 Å². The van der Waals surface area contributed by atoms with Crippen LogP contribution in [0.4, 0.5) is 5.69 Å². The second-order valence-electron chi connectivity index (χ2n) is 7.99. The van der Waals surface area contributed by atoms with Crippen molar-refractivity contribution in [2.24, 2.45) is 11.8 Å². The number of carbonyl (C=O) groups excluding carboxylic acids is 3. The number of anilines is 1. The van der Waals surface area contributed by atoms with Crippen LogP contribution in [0.25, 0.3) is 0 Å². The molecule has 0 spiro atoms. The van der Waals surface area contributed by atoms with Gasteiger partial charge in [-0.25, -0.2) is 0 Å². The standard InChI is InChI=1S/C21H26ClN3O5/c1-29-17-11-18(30-2)16(10-15(17)22)25-12-14(9-19(25)26)21(28)24-7-5-23(6-8-24)20(27)13-3-4-13/h10-11,13-14H,3-9,12H2,1-2H3. The van der Waals surface area contributed by atoms with Gasteiger partial charge in [-0.2, -0.15) is 0 Å². The summed E-state index contributed by atoms with van der Waals surface area (Å²) in [5.74, 6) is 0.722. The van der Waals surface area contributed by atoms with Crippen LogP contribution in [0.2, 0.25) is 5.02 Å². The minimum Gasteiger partial charge on any atom is -0.495 e. The predicted molar refractivity (Wildman–Crippen MR) is 111 cm³/mol. The Balaban J connectivity index is 1.42. The van der Waals surface area contributed by atoms with Crippen LogP contribution in [0.3, 0.4) is 0 Å². The lowest BCUT2D eigenvalue weighted by molar-refractivity contribution is -0.142. The van der Waals surface area contributed by atoms with E-state index in [1.165, 1.54) is 14.2 Å². The zero-order valence-corrected chi connectivity index (χ0v) is 18.0. The van der Waals surface area contributed by atoms with Crippen molar-refractivity contribution in [3.8, 4) is 11.5 Å². The molecule has 1 aliphatic carbocycles. The quantitative estimate of drug-likeness (QED) is 0.704. The first-order valence-corrected chi connectivity index (χ1v) is 10.6. The van der Waals surface area contributed by atoms with Crippen LogP contribution in [0.1, 0.15) is 19.3 Å². The zero-order chi connectivity index (χ0) is 21.4. The minimum absolute atomic E-state index is 0.0389. The third kappa shape index (κ3) is 3.93. The van der Waals surface area contributed by atoms with Gasteiger partial charge in [-0.3, -0.25) is 14.4 Å². The second kappa shape index (κ2) is 8.34. The number of carbonyl (C=O) groups is 3. The highest BCUT2D eigenvalue weighted by atomic mass is 35.5. The lowest BCUT2D eigenvalue weighted by Crippen LogP contribution is -2.52. The lowest BCUT2D eigenvalue weighted by Gasteiger charge is -2.36. The second-order valence-corrected chi connectivity index (χ2v) is 8.40. The summed E-state index contributed by atoms with van der Waals surface area (Å²) in [7, 11) is 3.02. The average molecular weight is 436 g/mol. The van der Waals surface area contributed by atoms with Gasteiger partial charge < -0.3 is 24.2 Å². The van der Waals surface area contributed by atoms with Crippen LogP contribution in [-0.4, -0.2) is 74.5 Å². The van der Waals surface area contributed by atoms with Crippen LogP contribution in [0.5, 0.6) is 11.5 Å². The first-order valence-electron chi connectivity index (χ1n) is 10.2. The first kappa shape index (κ1) is 20.8. The zero-order valence-electron chi connectivity index (χ0n) is 17.2. The van der Waals surface area contributed by atoms with E-state index in [-0.39, 0.29) is 36.6 Å². The summed E-state index contributed by atoms with van der Waals surface area (Å²) in [5.41, 5.74) is 0.531. The van der Waals surface area contributed by atoms with Gasteiger partial charge in [0.05, 0.1) is 30.8 Å². The summed E-state index contributed by atoms with van der Waals surface area (Å²) >= 11 is 6.25. The number of amides is 3. The number of rotatable bonds is 5. The molecule has 162 valence electrons. The number of piperazine rings is 1.